The Kier molecular flexibility index (Phi) is 6.55. The molecule has 1 unspecified atom stereocenters. The van der Waals surface area contributed by atoms with Gasteiger partial charge in [0.05, 0.1) is 23.6 Å². The summed E-state index contributed by atoms with van der Waals surface area (Å²) in [5.74, 6) is -0.778. The first-order valence-electron chi connectivity index (χ1n) is 12.0. The number of fused-ring (bicyclic) bond motifs is 2. The molecule has 0 spiro atoms. The summed E-state index contributed by atoms with van der Waals surface area (Å²) in [6.07, 6.45) is 3.14. The largest absolute Gasteiger partial charge is 0.494 e. The van der Waals surface area contributed by atoms with Gasteiger partial charge in [0.2, 0.25) is 5.76 Å². The van der Waals surface area contributed by atoms with Crippen molar-refractivity contribution in [3.8, 4) is 5.75 Å². The average Bonchev–Trinajstić information content (AvgIpc) is 3.15. The zero-order valence-electron chi connectivity index (χ0n) is 19.8. The summed E-state index contributed by atoms with van der Waals surface area (Å²) in [4.78, 5) is 28.6. The second kappa shape index (κ2) is 9.93. The highest BCUT2D eigenvalue weighted by Gasteiger charge is 2.42. The summed E-state index contributed by atoms with van der Waals surface area (Å²) in [5, 5.41) is 0.0751. The topological polar surface area (TPSA) is 59.8 Å². The van der Waals surface area contributed by atoms with E-state index in [0.717, 1.165) is 25.3 Å². The number of carbonyl (C=O) groups excluding carboxylic acids is 1. The maximum Gasteiger partial charge on any atom is 0.291 e. The highest BCUT2D eigenvalue weighted by Crippen LogP contribution is 2.39. The van der Waals surface area contributed by atoms with Crippen molar-refractivity contribution in [3.63, 3.8) is 0 Å². The van der Waals surface area contributed by atoms with Gasteiger partial charge in [0.25, 0.3) is 5.91 Å². The lowest BCUT2D eigenvalue weighted by molar-refractivity contribution is 0.0714. The zero-order chi connectivity index (χ0) is 25.2. The predicted molar refractivity (Wildman–Crippen MR) is 132 cm³/mol. The van der Waals surface area contributed by atoms with Crippen molar-refractivity contribution in [2.24, 2.45) is 0 Å². The van der Waals surface area contributed by atoms with Crippen molar-refractivity contribution in [2.45, 2.75) is 38.8 Å². The first kappa shape index (κ1) is 23.7. The van der Waals surface area contributed by atoms with E-state index < -0.39 is 23.2 Å². The van der Waals surface area contributed by atoms with Gasteiger partial charge in [-0.3, -0.25) is 9.59 Å². The normalized spacial score (nSPS) is 14.9. The molecule has 5 rings (SSSR count). The van der Waals surface area contributed by atoms with Crippen LogP contribution in [0.4, 0.5) is 8.78 Å². The molecule has 0 fully saturated rings. The van der Waals surface area contributed by atoms with E-state index in [4.69, 9.17) is 9.15 Å². The molecule has 0 saturated heterocycles. The van der Waals surface area contributed by atoms with Crippen LogP contribution in [0, 0.1) is 11.6 Å². The molecule has 0 aliphatic carbocycles. The van der Waals surface area contributed by atoms with Gasteiger partial charge in [0.1, 0.15) is 23.0 Å². The van der Waals surface area contributed by atoms with Crippen LogP contribution in [-0.4, -0.2) is 17.4 Å². The van der Waals surface area contributed by atoms with Crippen molar-refractivity contribution < 1.29 is 22.7 Å². The van der Waals surface area contributed by atoms with Gasteiger partial charge in [-0.1, -0.05) is 44.0 Å². The Morgan fingerprint density at radius 3 is 2.36 bits per heavy atom. The first-order valence-corrected chi connectivity index (χ1v) is 12.0. The van der Waals surface area contributed by atoms with Crippen molar-refractivity contribution >= 4 is 16.9 Å². The smallest absolute Gasteiger partial charge is 0.291 e. The van der Waals surface area contributed by atoms with Crippen molar-refractivity contribution in [2.75, 3.05) is 6.61 Å². The summed E-state index contributed by atoms with van der Waals surface area (Å²) in [5.41, 5.74) is 1.24. The fraction of sp³-hybridized carbons (Fsp3) is 0.241. The molecule has 7 heteroatoms. The van der Waals surface area contributed by atoms with Crippen LogP contribution in [0.5, 0.6) is 5.75 Å². The van der Waals surface area contributed by atoms with Crippen LogP contribution in [0.2, 0.25) is 0 Å². The molecule has 1 amide bonds. The van der Waals surface area contributed by atoms with Crippen molar-refractivity contribution in [1.29, 1.82) is 0 Å². The van der Waals surface area contributed by atoms with E-state index in [1.54, 1.807) is 12.1 Å². The van der Waals surface area contributed by atoms with Gasteiger partial charge in [-0.05, 0) is 60.0 Å². The third kappa shape index (κ3) is 4.49. The molecule has 2 heterocycles. The van der Waals surface area contributed by atoms with E-state index in [9.17, 15) is 18.4 Å². The molecule has 1 aliphatic rings. The first-order chi connectivity index (χ1) is 17.5. The van der Waals surface area contributed by atoms with Crippen molar-refractivity contribution in [3.05, 3.63) is 111 Å². The Hall–Kier alpha value is -4.00. The summed E-state index contributed by atoms with van der Waals surface area (Å²) < 4.78 is 39.1. The molecule has 5 nitrogen and oxygen atoms in total. The third-order valence-corrected chi connectivity index (χ3v) is 6.41. The number of ether oxygens (including phenoxy) is 1. The number of halogens is 2. The minimum atomic E-state index is -0.754. The lowest BCUT2D eigenvalue weighted by atomic mass is 9.98. The zero-order valence-corrected chi connectivity index (χ0v) is 19.8. The van der Waals surface area contributed by atoms with Crippen LogP contribution in [0.15, 0.2) is 75.9 Å². The number of carbonyl (C=O) groups is 1. The van der Waals surface area contributed by atoms with E-state index in [0.29, 0.717) is 23.5 Å². The molecule has 0 saturated carbocycles. The summed E-state index contributed by atoms with van der Waals surface area (Å²) >= 11 is 0. The molecule has 0 N–H and O–H groups in total. The Bertz CT molecular complexity index is 1460. The molecule has 184 valence electrons. The van der Waals surface area contributed by atoms with Crippen LogP contribution in [0.25, 0.3) is 11.0 Å². The highest BCUT2D eigenvalue weighted by molar-refractivity contribution is 5.99. The lowest BCUT2D eigenvalue weighted by Gasteiger charge is -2.25. The minimum Gasteiger partial charge on any atom is -0.494 e. The van der Waals surface area contributed by atoms with E-state index in [-0.39, 0.29) is 34.7 Å². The Morgan fingerprint density at radius 2 is 1.64 bits per heavy atom. The molecule has 1 aliphatic heterocycles. The van der Waals surface area contributed by atoms with Gasteiger partial charge in [-0.25, -0.2) is 8.78 Å². The molecular formula is C29H25F2NO4. The van der Waals surface area contributed by atoms with E-state index in [1.165, 1.54) is 29.2 Å². The number of nitrogens with zero attached hydrogens (tertiary/aromatic N) is 1. The van der Waals surface area contributed by atoms with E-state index >= 15 is 0 Å². The number of hydrogen-bond acceptors (Lipinski definition) is 4. The summed E-state index contributed by atoms with van der Waals surface area (Å²) in [7, 11) is 0. The van der Waals surface area contributed by atoms with E-state index in [1.807, 2.05) is 24.3 Å². The monoisotopic (exact) mass is 489 g/mol. The predicted octanol–water partition coefficient (Wildman–Crippen LogP) is 6.39. The maximum atomic E-state index is 14.0. The molecule has 1 aromatic heterocycles. The maximum absolute atomic E-state index is 14.0. The SMILES string of the molecule is CCCCCOc1ccc(C2c3c(oc4ccc(F)cc4c3=O)C(=O)N2Cc2ccc(F)cc2)cc1. The molecule has 4 aromatic rings. The second-order valence-electron chi connectivity index (χ2n) is 8.90. The van der Waals surface area contributed by atoms with Gasteiger partial charge in [-0.15, -0.1) is 0 Å². The number of hydrogen-bond donors (Lipinski definition) is 0. The number of unbranched alkanes of at least 4 members (excludes halogenated alkanes) is 2. The van der Waals surface area contributed by atoms with Gasteiger partial charge in [-0.2, -0.15) is 0 Å². The van der Waals surface area contributed by atoms with Crippen molar-refractivity contribution in [1.82, 2.24) is 4.90 Å². The standard InChI is InChI=1S/C29H25F2NO4/c1-2-3-4-15-35-22-12-7-19(8-13-22)26-25-27(33)23-16-21(31)11-14-24(23)36-28(25)29(34)32(26)17-18-5-9-20(30)10-6-18/h5-14,16,26H,2-4,15,17H2,1H3. The van der Waals surface area contributed by atoms with Gasteiger partial charge in [0.15, 0.2) is 5.43 Å². The van der Waals surface area contributed by atoms with Gasteiger partial charge < -0.3 is 14.1 Å². The van der Waals surface area contributed by atoms with Crippen LogP contribution >= 0.6 is 0 Å². The summed E-state index contributed by atoms with van der Waals surface area (Å²) in [6.45, 7) is 2.87. The number of amides is 1. The number of benzene rings is 3. The van der Waals surface area contributed by atoms with E-state index in [2.05, 4.69) is 6.92 Å². The molecule has 1 atom stereocenters. The third-order valence-electron chi connectivity index (χ3n) is 6.41. The molecule has 0 bridgehead atoms. The summed E-state index contributed by atoms with van der Waals surface area (Å²) in [6, 6.07) is 16.0. The Morgan fingerprint density at radius 1 is 0.917 bits per heavy atom. The van der Waals surface area contributed by atoms with Crippen LogP contribution in [-0.2, 0) is 6.54 Å². The van der Waals surface area contributed by atoms with Crippen LogP contribution < -0.4 is 10.2 Å². The molecule has 0 radical (unpaired) electrons. The van der Waals surface area contributed by atoms with Gasteiger partial charge in [0, 0.05) is 6.54 Å². The van der Waals surface area contributed by atoms with Gasteiger partial charge >= 0.3 is 0 Å². The van der Waals surface area contributed by atoms with Crippen LogP contribution in [0.3, 0.4) is 0 Å². The fourth-order valence-electron chi connectivity index (χ4n) is 4.58. The number of rotatable bonds is 8. The highest BCUT2D eigenvalue weighted by atomic mass is 19.1. The average molecular weight is 490 g/mol. The molecule has 3 aromatic carbocycles. The Labute approximate surface area is 206 Å². The van der Waals surface area contributed by atoms with Crippen LogP contribution in [0.1, 0.15) is 59.5 Å². The quantitative estimate of drug-likeness (QED) is 0.269. The lowest BCUT2D eigenvalue weighted by Crippen LogP contribution is -2.29. The minimum absolute atomic E-state index is 0.0638. The Balaban J connectivity index is 1.57. The molecular weight excluding hydrogens is 464 g/mol. The molecule has 36 heavy (non-hydrogen) atoms. The second-order valence-corrected chi connectivity index (χ2v) is 8.90. The fourth-order valence-corrected chi connectivity index (χ4v) is 4.58.